The predicted octanol–water partition coefficient (Wildman–Crippen LogP) is 5.12. The summed E-state index contributed by atoms with van der Waals surface area (Å²) < 4.78 is 40.2. The SMILES string of the molecule is COc1ccccc1CN(Cc1cccs1)C(=O)c1cc(OC)c(OC(F)F)cc1[N+](=O)[O-]. The highest BCUT2D eigenvalue weighted by Gasteiger charge is 2.29. The van der Waals surface area contributed by atoms with Crippen molar-refractivity contribution in [3.8, 4) is 17.2 Å². The third-order valence-electron chi connectivity index (χ3n) is 4.69. The summed E-state index contributed by atoms with van der Waals surface area (Å²) in [5.41, 5.74) is -0.297. The molecular weight excluding hydrogens is 458 g/mol. The van der Waals surface area contributed by atoms with E-state index in [4.69, 9.17) is 9.47 Å². The van der Waals surface area contributed by atoms with Gasteiger partial charge in [0.15, 0.2) is 11.5 Å². The fourth-order valence-corrected chi connectivity index (χ4v) is 3.94. The second kappa shape index (κ2) is 10.7. The lowest BCUT2D eigenvalue weighted by Gasteiger charge is -2.24. The zero-order valence-corrected chi connectivity index (χ0v) is 18.5. The molecule has 0 spiro atoms. The summed E-state index contributed by atoms with van der Waals surface area (Å²) >= 11 is 1.42. The standard InChI is InChI=1S/C22H20F2N2O6S/c1-30-18-8-4-3-6-14(18)12-25(13-15-7-5-9-33-15)21(27)16-10-19(31-2)20(32-22(23)24)11-17(16)26(28)29/h3-11,22H,12-13H2,1-2H3. The lowest BCUT2D eigenvalue weighted by Crippen LogP contribution is -2.30. The lowest BCUT2D eigenvalue weighted by molar-refractivity contribution is -0.385. The van der Waals surface area contributed by atoms with Gasteiger partial charge in [-0.3, -0.25) is 14.9 Å². The van der Waals surface area contributed by atoms with Crippen LogP contribution in [0.25, 0.3) is 0 Å². The van der Waals surface area contributed by atoms with E-state index >= 15 is 0 Å². The third-order valence-corrected chi connectivity index (χ3v) is 5.55. The van der Waals surface area contributed by atoms with E-state index in [9.17, 15) is 23.7 Å². The van der Waals surface area contributed by atoms with E-state index in [1.54, 1.807) is 24.3 Å². The number of thiophene rings is 1. The highest BCUT2D eigenvalue weighted by molar-refractivity contribution is 7.09. The molecule has 174 valence electrons. The molecule has 1 amide bonds. The van der Waals surface area contributed by atoms with Crippen molar-refractivity contribution in [1.82, 2.24) is 4.90 Å². The Kier molecular flexibility index (Phi) is 7.78. The Bertz CT molecular complexity index is 1120. The Balaban J connectivity index is 2.06. The highest BCUT2D eigenvalue weighted by Crippen LogP contribution is 2.37. The first-order valence-corrected chi connectivity index (χ1v) is 10.5. The van der Waals surface area contributed by atoms with E-state index in [0.29, 0.717) is 11.3 Å². The summed E-state index contributed by atoms with van der Waals surface area (Å²) in [6, 6.07) is 12.6. The molecule has 0 aliphatic carbocycles. The largest absolute Gasteiger partial charge is 0.496 e. The van der Waals surface area contributed by atoms with Crippen LogP contribution in [0.4, 0.5) is 14.5 Å². The average molecular weight is 478 g/mol. The number of rotatable bonds is 10. The number of alkyl halides is 2. The number of carbonyl (C=O) groups excluding carboxylic acids is 1. The first kappa shape index (κ1) is 23.9. The Hall–Kier alpha value is -3.73. The number of nitro groups is 1. The first-order valence-electron chi connectivity index (χ1n) is 9.58. The van der Waals surface area contributed by atoms with Crippen LogP contribution in [0, 0.1) is 10.1 Å². The molecule has 0 aliphatic heterocycles. The van der Waals surface area contributed by atoms with Gasteiger partial charge >= 0.3 is 6.61 Å². The van der Waals surface area contributed by atoms with Crippen molar-refractivity contribution < 1.29 is 32.7 Å². The van der Waals surface area contributed by atoms with Crippen molar-refractivity contribution in [3.05, 3.63) is 80.0 Å². The molecule has 0 bridgehead atoms. The molecule has 0 N–H and O–H groups in total. The van der Waals surface area contributed by atoms with Gasteiger partial charge in [0, 0.05) is 16.5 Å². The number of nitro benzene ring substituents is 1. The summed E-state index contributed by atoms with van der Waals surface area (Å²) in [4.78, 5) is 26.7. The van der Waals surface area contributed by atoms with E-state index in [-0.39, 0.29) is 24.4 Å². The van der Waals surface area contributed by atoms with E-state index < -0.39 is 28.9 Å². The molecule has 3 aromatic rings. The van der Waals surface area contributed by atoms with Gasteiger partial charge < -0.3 is 19.1 Å². The number of benzene rings is 2. The molecule has 1 heterocycles. The van der Waals surface area contributed by atoms with E-state index in [2.05, 4.69) is 4.74 Å². The number of hydrogen-bond donors (Lipinski definition) is 0. The number of nitrogens with zero attached hydrogens (tertiary/aromatic N) is 2. The molecule has 0 aliphatic rings. The number of methoxy groups -OCH3 is 2. The van der Waals surface area contributed by atoms with Gasteiger partial charge in [0.1, 0.15) is 11.3 Å². The normalized spacial score (nSPS) is 10.7. The molecule has 11 heteroatoms. The van der Waals surface area contributed by atoms with Crippen LogP contribution >= 0.6 is 11.3 Å². The van der Waals surface area contributed by atoms with E-state index in [0.717, 1.165) is 17.0 Å². The van der Waals surface area contributed by atoms with Gasteiger partial charge in [-0.25, -0.2) is 0 Å². The van der Waals surface area contributed by atoms with Crippen molar-refractivity contribution in [2.45, 2.75) is 19.7 Å². The smallest absolute Gasteiger partial charge is 0.387 e. The van der Waals surface area contributed by atoms with Crippen molar-refractivity contribution >= 4 is 22.9 Å². The third kappa shape index (κ3) is 5.75. The summed E-state index contributed by atoms with van der Waals surface area (Å²) in [6.07, 6.45) is 0. The molecule has 3 rings (SSSR count). The van der Waals surface area contributed by atoms with Crippen LogP contribution in [0.5, 0.6) is 17.2 Å². The maximum atomic E-state index is 13.5. The molecular formula is C22H20F2N2O6S. The fraction of sp³-hybridized carbons (Fsp3) is 0.227. The second-order valence-corrected chi connectivity index (χ2v) is 7.74. The van der Waals surface area contributed by atoms with Crippen LogP contribution in [0.15, 0.2) is 53.9 Å². The van der Waals surface area contributed by atoms with Crippen LogP contribution in [-0.2, 0) is 13.1 Å². The summed E-state index contributed by atoms with van der Waals surface area (Å²) in [7, 11) is 2.69. The number of para-hydroxylation sites is 1. The number of hydrogen-bond acceptors (Lipinski definition) is 7. The minimum Gasteiger partial charge on any atom is -0.496 e. The van der Waals surface area contributed by atoms with Gasteiger partial charge in [-0.05, 0) is 17.5 Å². The molecule has 0 radical (unpaired) electrons. The van der Waals surface area contributed by atoms with Gasteiger partial charge in [-0.2, -0.15) is 8.78 Å². The molecule has 2 aromatic carbocycles. The molecule has 0 saturated heterocycles. The Labute approximate surface area is 192 Å². The molecule has 33 heavy (non-hydrogen) atoms. The zero-order chi connectivity index (χ0) is 24.0. The Morgan fingerprint density at radius 2 is 1.79 bits per heavy atom. The van der Waals surface area contributed by atoms with Gasteiger partial charge in [0.25, 0.3) is 11.6 Å². The van der Waals surface area contributed by atoms with Crippen LogP contribution in [0.3, 0.4) is 0 Å². The number of amides is 1. The minimum atomic E-state index is -3.22. The van der Waals surface area contributed by atoms with Gasteiger partial charge in [0.2, 0.25) is 0 Å². The van der Waals surface area contributed by atoms with Gasteiger partial charge in [0.05, 0.1) is 38.3 Å². The number of carbonyl (C=O) groups is 1. The van der Waals surface area contributed by atoms with Gasteiger partial charge in [-0.15, -0.1) is 11.3 Å². The van der Waals surface area contributed by atoms with E-state index in [1.807, 2.05) is 17.5 Å². The van der Waals surface area contributed by atoms with Crippen molar-refractivity contribution in [2.24, 2.45) is 0 Å². The van der Waals surface area contributed by atoms with Gasteiger partial charge in [-0.1, -0.05) is 24.3 Å². The first-order chi connectivity index (χ1) is 15.8. The van der Waals surface area contributed by atoms with Crippen LogP contribution in [-0.4, -0.2) is 36.6 Å². The number of halogens is 2. The average Bonchev–Trinajstić information content (AvgIpc) is 3.31. The van der Waals surface area contributed by atoms with Crippen molar-refractivity contribution in [1.29, 1.82) is 0 Å². The van der Waals surface area contributed by atoms with Crippen LogP contribution < -0.4 is 14.2 Å². The highest BCUT2D eigenvalue weighted by atomic mass is 32.1. The quantitative estimate of drug-likeness (QED) is 0.297. The van der Waals surface area contributed by atoms with E-state index in [1.165, 1.54) is 30.5 Å². The molecule has 0 atom stereocenters. The monoisotopic (exact) mass is 478 g/mol. The lowest BCUT2D eigenvalue weighted by atomic mass is 10.1. The second-order valence-electron chi connectivity index (χ2n) is 6.71. The molecule has 0 fully saturated rings. The van der Waals surface area contributed by atoms with Crippen molar-refractivity contribution in [3.63, 3.8) is 0 Å². The molecule has 1 aromatic heterocycles. The summed E-state index contributed by atoms with van der Waals surface area (Å²) in [5.74, 6) is -0.889. The zero-order valence-electron chi connectivity index (χ0n) is 17.7. The molecule has 0 saturated carbocycles. The van der Waals surface area contributed by atoms with Crippen LogP contribution in [0.1, 0.15) is 20.8 Å². The topological polar surface area (TPSA) is 91.1 Å². The fourth-order valence-electron chi connectivity index (χ4n) is 3.22. The maximum Gasteiger partial charge on any atom is 0.387 e. The predicted molar refractivity (Wildman–Crippen MR) is 117 cm³/mol. The Morgan fingerprint density at radius 3 is 2.39 bits per heavy atom. The minimum absolute atomic E-state index is 0.0928. The molecule has 0 unspecified atom stereocenters. The number of ether oxygens (including phenoxy) is 3. The maximum absolute atomic E-state index is 13.5. The van der Waals surface area contributed by atoms with Crippen LogP contribution in [0.2, 0.25) is 0 Å². The molecule has 8 nitrogen and oxygen atoms in total. The van der Waals surface area contributed by atoms with Crippen molar-refractivity contribution in [2.75, 3.05) is 14.2 Å². The Morgan fingerprint density at radius 1 is 1.06 bits per heavy atom. The summed E-state index contributed by atoms with van der Waals surface area (Å²) in [5, 5.41) is 13.5. The summed E-state index contributed by atoms with van der Waals surface area (Å²) in [6.45, 7) is -2.96.